The highest BCUT2D eigenvalue weighted by Gasteiger charge is 2.47. The third-order valence-corrected chi connectivity index (χ3v) is 6.97. The molecule has 5 rings (SSSR count). The van der Waals surface area contributed by atoms with Gasteiger partial charge in [-0.25, -0.2) is 0 Å². The molecule has 0 radical (unpaired) electrons. The van der Waals surface area contributed by atoms with Crippen LogP contribution in [-0.2, 0) is 0 Å². The van der Waals surface area contributed by atoms with Crippen molar-refractivity contribution in [3.8, 4) is 17.2 Å². The summed E-state index contributed by atoms with van der Waals surface area (Å²) in [5, 5.41) is 0. The molecule has 3 atom stereocenters. The molecule has 1 aliphatic carbocycles. The van der Waals surface area contributed by atoms with Crippen molar-refractivity contribution in [2.75, 3.05) is 21.3 Å². The van der Waals surface area contributed by atoms with Gasteiger partial charge >= 0.3 is 0 Å². The summed E-state index contributed by atoms with van der Waals surface area (Å²) in [5.41, 5.74) is 5.04. The normalized spacial score (nSPS) is 18.5. The van der Waals surface area contributed by atoms with E-state index >= 15 is 0 Å². The van der Waals surface area contributed by atoms with Crippen LogP contribution in [0.1, 0.15) is 44.4 Å². The smallest absolute Gasteiger partial charge is 0.167 e. The maximum absolute atomic E-state index is 14.2. The second-order valence-corrected chi connectivity index (χ2v) is 8.73. The quantitative estimate of drug-likeness (QED) is 0.293. The Bertz CT molecular complexity index is 1310. The average Bonchev–Trinajstić information content (AvgIpc) is 3.26. The molecule has 0 spiro atoms. The van der Waals surface area contributed by atoms with Crippen LogP contribution >= 0.6 is 0 Å². The van der Waals surface area contributed by atoms with Crippen LogP contribution in [0, 0.1) is 5.92 Å². The maximum Gasteiger partial charge on any atom is 0.167 e. The third-order valence-electron chi connectivity index (χ3n) is 6.97. The van der Waals surface area contributed by atoms with Crippen molar-refractivity contribution in [3.05, 3.63) is 125 Å². The van der Waals surface area contributed by atoms with Crippen molar-refractivity contribution in [2.45, 2.75) is 11.8 Å². The second-order valence-electron chi connectivity index (χ2n) is 8.73. The molecule has 4 aromatic rings. The van der Waals surface area contributed by atoms with E-state index in [0.29, 0.717) is 17.1 Å². The Kier molecular flexibility index (Phi) is 6.28. The van der Waals surface area contributed by atoms with Crippen LogP contribution in [0.2, 0.25) is 0 Å². The second kappa shape index (κ2) is 9.67. The number of carbonyl (C=O) groups excluding carboxylic acids is 1. The lowest BCUT2D eigenvalue weighted by Gasteiger charge is -2.25. The van der Waals surface area contributed by atoms with Gasteiger partial charge in [0.25, 0.3) is 0 Å². The van der Waals surface area contributed by atoms with Crippen molar-refractivity contribution >= 4 is 5.78 Å². The summed E-state index contributed by atoms with van der Waals surface area (Å²) in [5.74, 6) is 1.59. The van der Waals surface area contributed by atoms with E-state index < -0.39 is 0 Å². The highest BCUT2D eigenvalue weighted by molar-refractivity contribution is 6.00. The van der Waals surface area contributed by atoms with Crippen molar-refractivity contribution in [3.63, 3.8) is 0 Å². The predicted octanol–water partition coefficient (Wildman–Crippen LogP) is 6.49. The van der Waals surface area contributed by atoms with Gasteiger partial charge < -0.3 is 14.2 Å². The zero-order chi connectivity index (χ0) is 24.4. The number of Topliss-reactive ketones (excluding diaryl/α,β-unsaturated/α-hetero) is 1. The Morgan fingerprint density at radius 1 is 0.600 bits per heavy atom. The molecule has 4 aromatic carbocycles. The Morgan fingerprint density at radius 3 is 1.57 bits per heavy atom. The fourth-order valence-electron chi connectivity index (χ4n) is 5.37. The molecule has 0 heterocycles. The molecular formula is C31H28O4. The number of rotatable bonds is 7. The monoisotopic (exact) mass is 464 g/mol. The Hall–Kier alpha value is -4.05. The van der Waals surface area contributed by atoms with Crippen molar-refractivity contribution < 1.29 is 19.0 Å². The van der Waals surface area contributed by atoms with Gasteiger partial charge in [0.05, 0.1) is 21.3 Å². The summed E-state index contributed by atoms with van der Waals surface area (Å²) in [4.78, 5) is 14.2. The first-order valence-electron chi connectivity index (χ1n) is 11.7. The number of ether oxygens (including phenoxy) is 3. The van der Waals surface area contributed by atoms with E-state index in [9.17, 15) is 4.79 Å². The van der Waals surface area contributed by atoms with Gasteiger partial charge in [-0.05, 0) is 46.5 Å². The lowest BCUT2D eigenvalue weighted by atomic mass is 9.75. The third kappa shape index (κ3) is 4.06. The number of benzene rings is 4. The summed E-state index contributed by atoms with van der Waals surface area (Å²) in [6.45, 7) is 0. The maximum atomic E-state index is 14.2. The van der Waals surface area contributed by atoms with E-state index in [1.54, 1.807) is 21.3 Å². The number of ketones is 1. The van der Waals surface area contributed by atoms with Gasteiger partial charge in [0.1, 0.15) is 5.75 Å². The van der Waals surface area contributed by atoms with Crippen LogP contribution in [0.25, 0.3) is 0 Å². The molecule has 0 saturated carbocycles. The summed E-state index contributed by atoms with van der Waals surface area (Å²) in [6, 6.07) is 31.9. The first-order valence-corrected chi connectivity index (χ1v) is 11.7. The molecule has 1 aliphatic rings. The first-order chi connectivity index (χ1) is 17.2. The average molecular weight is 465 g/mol. The highest BCUT2D eigenvalue weighted by atomic mass is 16.5. The van der Waals surface area contributed by atoms with Crippen LogP contribution in [0.4, 0.5) is 0 Å². The molecule has 0 aromatic heterocycles. The zero-order valence-electron chi connectivity index (χ0n) is 20.1. The molecule has 4 nitrogen and oxygen atoms in total. The van der Waals surface area contributed by atoms with Crippen molar-refractivity contribution in [1.82, 2.24) is 0 Å². The molecule has 35 heavy (non-hydrogen) atoms. The lowest BCUT2D eigenvalue weighted by molar-refractivity contribution is 0.0904. The summed E-state index contributed by atoms with van der Waals surface area (Å²) in [7, 11) is 4.94. The first kappa shape index (κ1) is 22.7. The molecule has 0 saturated heterocycles. The molecule has 0 aliphatic heterocycles. The van der Waals surface area contributed by atoms with E-state index in [-0.39, 0.29) is 23.5 Å². The zero-order valence-corrected chi connectivity index (χ0v) is 20.1. The number of hydrogen-bond donors (Lipinski definition) is 0. The van der Waals surface area contributed by atoms with Crippen LogP contribution in [-0.4, -0.2) is 27.1 Å². The molecule has 4 heteroatoms. The number of fused-ring (bicyclic) bond motifs is 1. The van der Waals surface area contributed by atoms with Crippen molar-refractivity contribution in [1.29, 1.82) is 0 Å². The van der Waals surface area contributed by atoms with E-state index in [4.69, 9.17) is 14.2 Å². The van der Waals surface area contributed by atoms with Crippen LogP contribution in [0.15, 0.2) is 97.1 Å². The molecule has 0 fully saturated rings. The predicted molar refractivity (Wildman–Crippen MR) is 137 cm³/mol. The van der Waals surface area contributed by atoms with Gasteiger partial charge in [0.15, 0.2) is 17.3 Å². The van der Waals surface area contributed by atoms with E-state index in [1.807, 2.05) is 72.8 Å². The molecule has 0 unspecified atom stereocenters. The SMILES string of the molecule is COc1ccc([C@@H]2c3cc(OC)c(OC)cc3[C@H](c3ccccc3)[C@H]2C(=O)c2ccccc2)cc1. The van der Waals surface area contributed by atoms with Gasteiger partial charge in [-0.15, -0.1) is 0 Å². The van der Waals surface area contributed by atoms with Crippen LogP contribution in [0.3, 0.4) is 0 Å². The van der Waals surface area contributed by atoms with E-state index in [2.05, 4.69) is 24.3 Å². The minimum absolute atomic E-state index is 0.120. The Balaban J connectivity index is 1.77. The topological polar surface area (TPSA) is 44.8 Å². The molecule has 0 amide bonds. The molecular weight excluding hydrogens is 436 g/mol. The van der Waals surface area contributed by atoms with Gasteiger partial charge in [-0.3, -0.25) is 4.79 Å². The fraction of sp³-hybridized carbons (Fsp3) is 0.194. The fourth-order valence-corrected chi connectivity index (χ4v) is 5.37. The van der Waals surface area contributed by atoms with Crippen LogP contribution < -0.4 is 14.2 Å². The van der Waals surface area contributed by atoms with E-state index in [1.165, 1.54) is 0 Å². The van der Waals surface area contributed by atoms with Gasteiger partial charge in [0, 0.05) is 23.3 Å². The largest absolute Gasteiger partial charge is 0.497 e. The molecule has 0 N–H and O–H groups in total. The highest BCUT2D eigenvalue weighted by Crippen LogP contribution is 2.55. The van der Waals surface area contributed by atoms with Gasteiger partial charge in [-0.1, -0.05) is 72.8 Å². The summed E-state index contributed by atoms with van der Waals surface area (Å²) >= 11 is 0. The Morgan fingerprint density at radius 2 is 1.09 bits per heavy atom. The van der Waals surface area contributed by atoms with Gasteiger partial charge in [0.2, 0.25) is 0 Å². The Labute approximate surface area is 206 Å². The lowest BCUT2D eigenvalue weighted by Crippen LogP contribution is -2.24. The molecule has 176 valence electrons. The van der Waals surface area contributed by atoms with Gasteiger partial charge in [-0.2, -0.15) is 0 Å². The number of methoxy groups -OCH3 is 3. The minimum atomic E-state index is -0.333. The minimum Gasteiger partial charge on any atom is -0.497 e. The summed E-state index contributed by atoms with van der Waals surface area (Å²) in [6.07, 6.45) is 0. The number of carbonyl (C=O) groups is 1. The van der Waals surface area contributed by atoms with Crippen LogP contribution in [0.5, 0.6) is 17.2 Å². The van der Waals surface area contributed by atoms with E-state index in [0.717, 1.165) is 28.0 Å². The summed E-state index contributed by atoms with van der Waals surface area (Å²) < 4.78 is 16.7. The standard InChI is InChI=1S/C31H28O4/c1-33-23-16-14-21(15-17-23)29-25-19-27(35-3)26(34-2)18-24(25)28(20-10-6-4-7-11-20)30(29)31(32)22-12-8-5-9-13-22/h4-19,28-30H,1-3H3/t28-,29+,30+/m0/s1. The van der Waals surface area contributed by atoms with Crippen molar-refractivity contribution in [2.24, 2.45) is 5.92 Å². The molecule has 0 bridgehead atoms. The number of hydrogen-bond acceptors (Lipinski definition) is 4.